The summed E-state index contributed by atoms with van der Waals surface area (Å²) in [6.07, 6.45) is 0.916. The lowest BCUT2D eigenvalue weighted by Gasteiger charge is -2.25. The van der Waals surface area contributed by atoms with Crippen molar-refractivity contribution in [1.82, 2.24) is 0 Å². The van der Waals surface area contributed by atoms with Crippen molar-refractivity contribution in [2.75, 3.05) is 6.61 Å². The highest BCUT2D eigenvalue weighted by atomic mass is 32.2. The molecule has 1 N–H and O–H groups in total. The van der Waals surface area contributed by atoms with Crippen molar-refractivity contribution in [3.8, 4) is 0 Å². The van der Waals surface area contributed by atoms with Crippen LogP contribution >= 0.6 is 11.8 Å². The summed E-state index contributed by atoms with van der Waals surface area (Å²) in [6, 6.07) is 10.4. The van der Waals surface area contributed by atoms with E-state index >= 15 is 0 Å². The summed E-state index contributed by atoms with van der Waals surface area (Å²) >= 11 is 1.84. The second-order valence-electron chi connectivity index (χ2n) is 4.68. The minimum atomic E-state index is -0.159. The maximum atomic E-state index is 9.15. The highest BCUT2D eigenvalue weighted by Gasteiger charge is 2.41. The van der Waals surface area contributed by atoms with Gasteiger partial charge in [-0.15, -0.1) is 11.8 Å². The zero-order valence-electron chi connectivity index (χ0n) is 9.72. The third-order valence-electron chi connectivity index (χ3n) is 2.95. The van der Waals surface area contributed by atoms with E-state index in [1.165, 1.54) is 4.90 Å². The smallest absolute Gasteiger partial charge is 0.0825 e. The van der Waals surface area contributed by atoms with E-state index in [1.54, 1.807) is 0 Å². The molecule has 1 heterocycles. The number of hydrogen-bond acceptors (Lipinski definition) is 3. The van der Waals surface area contributed by atoms with Crippen LogP contribution < -0.4 is 0 Å². The topological polar surface area (TPSA) is 29.5 Å². The molecule has 88 valence electrons. The van der Waals surface area contributed by atoms with Gasteiger partial charge in [-0.2, -0.15) is 0 Å². The number of hydrogen-bond donors (Lipinski definition) is 1. The maximum absolute atomic E-state index is 9.15. The highest BCUT2D eigenvalue weighted by molar-refractivity contribution is 8.00. The molecular formula is C13H18O2S. The molecule has 0 saturated carbocycles. The van der Waals surface area contributed by atoms with E-state index in [2.05, 4.69) is 38.1 Å². The molecule has 3 heteroatoms. The van der Waals surface area contributed by atoms with E-state index < -0.39 is 0 Å². The molecule has 0 aromatic heterocycles. The summed E-state index contributed by atoms with van der Waals surface area (Å²) in [5, 5.41) is 9.56. The van der Waals surface area contributed by atoms with E-state index in [9.17, 15) is 0 Å². The first-order valence-electron chi connectivity index (χ1n) is 5.62. The zero-order valence-corrected chi connectivity index (χ0v) is 10.5. The molecule has 2 nitrogen and oxygen atoms in total. The molecular weight excluding hydrogens is 220 g/mol. The minimum absolute atomic E-state index is 0.00351. The summed E-state index contributed by atoms with van der Waals surface area (Å²) in [4.78, 5) is 1.27. The fourth-order valence-corrected chi connectivity index (χ4v) is 3.33. The molecule has 1 aliphatic heterocycles. The second-order valence-corrected chi connectivity index (χ2v) is 5.96. The predicted octanol–water partition coefficient (Wildman–Crippen LogP) is 2.71. The summed E-state index contributed by atoms with van der Waals surface area (Å²) < 4.78 is 5.81. The Balaban J connectivity index is 2.05. The van der Waals surface area contributed by atoms with Crippen molar-refractivity contribution in [2.24, 2.45) is 0 Å². The molecule has 1 aliphatic rings. The van der Waals surface area contributed by atoms with Gasteiger partial charge in [-0.25, -0.2) is 0 Å². The predicted molar refractivity (Wildman–Crippen MR) is 66.7 cm³/mol. The summed E-state index contributed by atoms with van der Waals surface area (Å²) in [5.41, 5.74) is -0.159. The number of rotatable bonds is 3. The Morgan fingerprint density at radius 1 is 1.38 bits per heavy atom. The zero-order chi connectivity index (χ0) is 11.6. The number of aliphatic hydroxyl groups is 1. The van der Waals surface area contributed by atoms with Crippen molar-refractivity contribution in [2.45, 2.75) is 42.1 Å². The summed E-state index contributed by atoms with van der Waals surface area (Å²) in [6.45, 7) is 4.32. The van der Waals surface area contributed by atoms with Crippen LogP contribution in [0.2, 0.25) is 0 Å². The van der Waals surface area contributed by atoms with Gasteiger partial charge in [-0.05, 0) is 32.4 Å². The van der Waals surface area contributed by atoms with Crippen LogP contribution in [-0.4, -0.2) is 28.7 Å². The third-order valence-corrected chi connectivity index (χ3v) is 4.54. The lowest BCUT2D eigenvalue weighted by Crippen LogP contribution is -2.30. The molecule has 1 aromatic carbocycles. The Morgan fingerprint density at radius 3 is 2.62 bits per heavy atom. The Bertz CT molecular complexity index is 337. The van der Waals surface area contributed by atoms with Gasteiger partial charge in [0.25, 0.3) is 0 Å². The van der Waals surface area contributed by atoms with Crippen LogP contribution in [0.25, 0.3) is 0 Å². The average molecular weight is 238 g/mol. The summed E-state index contributed by atoms with van der Waals surface area (Å²) in [7, 11) is 0. The van der Waals surface area contributed by atoms with Crippen molar-refractivity contribution in [3.63, 3.8) is 0 Å². The van der Waals surface area contributed by atoms with Crippen LogP contribution in [0.5, 0.6) is 0 Å². The minimum Gasteiger partial charge on any atom is -0.394 e. The van der Waals surface area contributed by atoms with Crippen molar-refractivity contribution >= 4 is 11.8 Å². The van der Waals surface area contributed by atoms with Gasteiger partial charge in [0, 0.05) is 10.1 Å². The quantitative estimate of drug-likeness (QED) is 0.878. The molecule has 0 aliphatic carbocycles. The fraction of sp³-hybridized carbons (Fsp3) is 0.538. The van der Waals surface area contributed by atoms with Crippen LogP contribution in [0.1, 0.15) is 20.3 Å². The molecule has 0 bridgehead atoms. The van der Waals surface area contributed by atoms with E-state index in [0.717, 1.165) is 6.42 Å². The Kier molecular flexibility index (Phi) is 3.57. The van der Waals surface area contributed by atoms with Crippen LogP contribution in [0, 0.1) is 0 Å². The molecule has 0 amide bonds. The maximum Gasteiger partial charge on any atom is 0.0825 e. The van der Waals surface area contributed by atoms with Gasteiger partial charge >= 0.3 is 0 Å². The fourth-order valence-electron chi connectivity index (χ4n) is 2.04. The number of thioether (sulfide) groups is 1. The first-order chi connectivity index (χ1) is 7.62. The summed E-state index contributed by atoms with van der Waals surface area (Å²) in [5.74, 6) is 0. The van der Waals surface area contributed by atoms with Gasteiger partial charge in [-0.3, -0.25) is 0 Å². The van der Waals surface area contributed by atoms with Crippen LogP contribution in [-0.2, 0) is 4.74 Å². The first-order valence-corrected chi connectivity index (χ1v) is 6.50. The Morgan fingerprint density at radius 2 is 2.06 bits per heavy atom. The molecule has 1 saturated heterocycles. The van der Waals surface area contributed by atoms with Gasteiger partial charge in [0.1, 0.15) is 0 Å². The van der Waals surface area contributed by atoms with Gasteiger partial charge in [0.2, 0.25) is 0 Å². The molecule has 0 unspecified atom stereocenters. The molecule has 2 atom stereocenters. The lowest BCUT2D eigenvalue weighted by atomic mass is 10.0. The van der Waals surface area contributed by atoms with Crippen LogP contribution in [0.4, 0.5) is 0 Å². The third kappa shape index (κ3) is 2.59. The van der Waals surface area contributed by atoms with Gasteiger partial charge < -0.3 is 9.84 Å². The molecule has 2 rings (SSSR count). The monoisotopic (exact) mass is 238 g/mol. The van der Waals surface area contributed by atoms with Gasteiger partial charge in [0.15, 0.2) is 0 Å². The SMILES string of the molecule is CC1(C)O[C@H](CO)C[C@H]1Sc1ccccc1. The highest BCUT2D eigenvalue weighted by Crippen LogP contribution is 2.41. The number of ether oxygens (including phenoxy) is 1. The van der Waals surface area contributed by atoms with Crippen molar-refractivity contribution in [1.29, 1.82) is 0 Å². The molecule has 1 fully saturated rings. The average Bonchev–Trinajstić information content (AvgIpc) is 2.55. The molecule has 1 aromatic rings. The first kappa shape index (κ1) is 12.0. The van der Waals surface area contributed by atoms with Crippen LogP contribution in [0.15, 0.2) is 35.2 Å². The molecule has 16 heavy (non-hydrogen) atoms. The number of benzene rings is 1. The Hall–Kier alpha value is -0.510. The van der Waals surface area contributed by atoms with Crippen LogP contribution in [0.3, 0.4) is 0 Å². The lowest BCUT2D eigenvalue weighted by molar-refractivity contribution is -0.0356. The number of aliphatic hydroxyl groups excluding tert-OH is 1. The normalized spacial score (nSPS) is 28.2. The molecule has 0 spiro atoms. The van der Waals surface area contributed by atoms with E-state index in [-0.39, 0.29) is 18.3 Å². The second kappa shape index (κ2) is 4.78. The van der Waals surface area contributed by atoms with E-state index in [1.807, 2.05) is 17.8 Å². The largest absolute Gasteiger partial charge is 0.394 e. The van der Waals surface area contributed by atoms with Gasteiger partial charge in [0.05, 0.1) is 18.3 Å². The van der Waals surface area contributed by atoms with Gasteiger partial charge in [-0.1, -0.05) is 18.2 Å². The standard InChI is InChI=1S/C13H18O2S/c1-13(2)12(8-10(9-14)15-13)16-11-6-4-3-5-7-11/h3-7,10,12,14H,8-9H2,1-2H3/t10-,12+/m0/s1. The van der Waals surface area contributed by atoms with E-state index in [4.69, 9.17) is 9.84 Å². The van der Waals surface area contributed by atoms with Crippen molar-refractivity contribution in [3.05, 3.63) is 30.3 Å². The van der Waals surface area contributed by atoms with E-state index in [0.29, 0.717) is 5.25 Å². The van der Waals surface area contributed by atoms with Crippen molar-refractivity contribution < 1.29 is 9.84 Å². The Labute approximate surface area is 101 Å². The molecule has 0 radical (unpaired) electrons.